The number of nitrogens with zero attached hydrogens (tertiary/aromatic N) is 1. The number of rotatable bonds is 7. The lowest BCUT2D eigenvalue weighted by Gasteiger charge is -2.10. The molecule has 2 amide bonds. The molecule has 3 N–H and O–H groups in total. The summed E-state index contributed by atoms with van der Waals surface area (Å²) in [7, 11) is 0. The summed E-state index contributed by atoms with van der Waals surface area (Å²) in [5.41, 5.74) is 3.76. The molecule has 3 aromatic rings. The van der Waals surface area contributed by atoms with E-state index in [0.717, 1.165) is 33.3 Å². The van der Waals surface area contributed by atoms with Gasteiger partial charge >= 0.3 is 6.03 Å². The Balaban J connectivity index is 1.43. The maximum absolute atomic E-state index is 12.0. The highest BCUT2D eigenvalue weighted by Gasteiger charge is 2.03. The van der Waals surface area contributed by atoms with Crippen LogP contribution in [0.5, 0.6) is 0 Å². The van der Waals surface area contributed by atoms with Crippen molar-refractivity contribution in [3.05, 3.63) is 89.2 Å². The van der Waals surface area contributed by atoms with Crippen LogP contribution in [0, 0.1) is 0 Å². The lowest BCUT2D eigenvalue weighted by Crippen LogP contribution is -2.28. The van der Waals surface area contributed by atoms with Gasteiger partial charge in [-0.25, -0.2) is 4.79 Å². The van der Waals surface area contributed by atoms with Crippen molar-refractivity contribution in [1.82, 2.24) is 10.3 Å². The fourth-order valence-corrected chi connectivity index (χ4v) is 3.36. The van der Waals surface area contributed by atoms with E-state index in [9.17, 15) is 4.79 Å². The van der Waals surface area contributed by atoms with Gasteiger partial charge in [0.15, 0.2) is 0 Å². The molecule has 0 aliphatic heterocycles. The van der Waals surface area contributed by atoms with Gasteiger partial charge in [0.25, 0.3) is 0 Å². The van der Waals surface area contributed by atoms with Gasteiger partial charge in [-0.05, 0) is 65.5 Å². The molecule has 27 heavy (non-hydrogen) atoms. The molecule has 0 saturated carbocycles. The van der Waals surface area contributed by atoms with Crippen LogP contribution in [-0.2, 0) is 12.3 Å². The number of hydrogen-bond donors (Lipinski definition) is 3. The average molecular weight is 399 g/mol. The van der Waals surface area contributed by atoms with Crippen molar-refractivity contribution < 1.29 is 4.79 Å². The number of benzene rings is 2. The van der Waals surface area contributed by atoms with Gasteiger partial charge in [-0.2, -0.15) is 0 Å². The van der Waals surface area contributed by atoms with E-state index < -0.39 is 0 Å². The van der Waals surface area contributed by atoms with E-state index in [1.54, 1.807) is 24.3 Å². The zero-order chi connectivity index (χ0) is 18.9. The van der Waals surface area contributed by atoms with Crippen LogP contribution in [0.25, 0.3) is 0 Å². The number of hydrogen-bond acceptors (Lipinski definition) is 4. The van der Waals surface area contributed by atoms with E-state index >= 15 is 0 Å². The van der Waals surface area contributed by atoms with E-state index in [-0.39, 0.29) is 6.03 Å². The molecular weight excluding hydrogens is 380 g/mol. The Bertz CT molecular complexity index is 875. The summed E-state index contributed by atoms with van der Waals surface area (Å²) in [6.07, 6.45) is 3.40. The third kappa shape index (κ3) is 6.20. The predicted molar refractivity (Wildman–Crippen MR) is 113 cm³/mol. The number of pyridine rings is 1. The molecule has 0 radical (unpaired) electrons. The van der Waals surface area contributed by atoms with Gasteiger partial charge < -0.3 is 15.4 Å². The van der Waals surface area contributed by atoms with Gasteiger partial charge in [-0.3, -0.25) is 4.98 Å². The molecule has 7 heteroatoms. The maximum Gasteiger partial charge on any atom is 0.319 e. The topological polar surface area (TPSA) is 66.0 Å². The lowest BCUT2D eigenvalue weighted by molar-refractivity contribution is 0.251. The van der Waals surface area contributed by atoms with Gasteiger partial charge in [0, 0.05) is 41.1 Å². The average Bonchev–Trinajstić information content (AvgIpc) is 2.70. The second-order valence-corrected chi connectivity index (χ2v) is 6.91. The van der Waals surface area contributed by atoms with E-state index in [0.29, 0.717) is 6.54 Å². The van der Waals surface area contributed by atoms with Crippen LogP contribution in [0.4, 0.5) is 16.2 Å². The lowest BCUT2D eigenvalue weighted by atomic mass is 10.2. The van der Waals surface area contributed by atoms with Gasteiger partial charge in [0.2, 0.25) is 0 Å². The van der Waals surface area contributed by atoms with Crippen molar-refractivity contribution in [2.75, 3.05) is 10.0 Å². The molecule has 5 nitrogen and oxygen atoms in total. The molecule has 0 bridgehead atoms. The normalized spacial score (nSPS) is 10.3. The summed E-state index contributed by atoms with van der Waals surface area (Å²) in [6.45, 7) is 0.451. The first kappa shape index (κ1) is 19.1. The molecule has 0 fully saturated rings. The number of anilines is 2. The standard InChI is InChI=1S/C20H19ClN4OS/c21-19-4-2-1-3-16(19)14-27-25-18-7-5-17(6-8-18)24-20(26)23-13-15-9-11-22-12-10-15/h1-12,25H,13-14H2,(H2,23,24,26). The number of urea groups is 1. The molecule has 138 valence electrons. The molecule has 0 aliphatic carbocycles. The summed E-state index contributed by atoms with van der Waals surface area (Å²) in [6, 6.07) is 18.8. The minimum atomic E-state index is -0.249. The zero-order valence-electron chi connectivity index (χ0n) is 14.5. The van der Waals surface area contributed by atoms with Gasteiger partial charge in [0.05, 0.1) is 0 Å². The van der Waals surface area contributed by atoms with Crippen LogP contribution < -0.4 is 15.4 Å². The van der Waals surface area contributed by atoms with Crippen LogP contribution in [0.15, 0.2) is 73.1 Å². The number of aromatic nitrogens is 1. The molecule has 2 aromatic carbocycles. The second kappa shape index (κ2) is 9.85. The third-order valence-electron chi connectivity index (χ3n) is 3.72. The summed E-state index contributed by atoms with van der Waals surface area (Å²) in [5, 5.41) is 6.39. The van der Waals surface area contributed by atoms with Crippen molar-refractivity contribution in [2.24, 2.45) is 0 Å². The van der Waals surface area contributed by atoms with E-state index in [1.165, 1.54) is 0 Å². The van der Waals surface area contributed by atoms with Crippen molar-refractivity contribution in [2.45, 2.75) is 12.3 Å². The fraction of sp³-hybridized carbons (Fsp3) is 0.100. The SMILES string of the molecule is O=C(NCc1ccncc1)Nc1ccc(NSCc2ccccc2Cl)cc1. The molecule has 0 unspecified atom stereocenters. The smallest absolute Gasteiger partial charge is 0.319 e. The molecule has 0 saturated heterocycles. The molecule has 1 aromatic heterocycles. The van der Waals surface area contributed by atoms with Crippen LogP contribution in [0.3, 0.4) is 0 Å². The Labute approximate surface area is 167 Å². The number of carbonyl (C=O) groups is 1. The van der Waals surface area contributed by atoms with Crippen molar-refractivity contribution in [3.8, 4) is 0 Å². The Hall–Kier alpha value is -2.70. The second-order valence-electron chi connectivity index (χ2n) is 5.72. The Kier molecular flexibility index (Phi) is 6.96. The van der Waals surface area contributed by atoms with Crippen LogP contribution in [-0.4, -0.2) is 11.0 Å². The molecule has 0 atom stereocenters. The number of halogens is 1. The summed E-state index contributed by atoms with van der Waals surface area (Å²) in [5.74, 6) is 0.761. The third-order valence-corrected chi connectivity index (χ3v) is 4.92. The van der Waals surface area contributed by atoms with E-state index in [2.05, 4.69) is 20.3 Å². The molecule has 0 spiro atoms. The van der Waals surface area contributed by atoms with E-state index in [4.69, 9.17) is 11.6 Å². The number of amides is 2. The largest absolute Gasteiger partial charge is 0.334 e. The van der Waals surface area contributed by atoms with Crippen molar-refractivity contribution >= 4 is 41.0 Å². The highest BCUT2D eigenvalue weighted by atomic mass is 35.5. The summed E-state index contributed by atoms with van der Waals surface area (Å²) < 4.78 is 3.27. The van der Waals surface area contributed by atoms with Crippen molar-refractivity contribution in [3.63, 3.8) is 0 Å². The van der Waals surface area contributed by atoms with Crippen LogP contribution in [0.2, 0.25) is 5.02 Å². The fourth-order valence-electron chi connectivity index (χ4n) is 2.29. The highest BCUT2D eigenvalue weighted by Crippen LogP contribution is 2.23. The molecular formula is C20H19ClN4OS. The molecule has 3 rings (SSSR count). The zero-order valence-corrected chi connectivity index (χ0v) is 16.1. The van der Waals surface area contributed by atoms with Crippen molar-refractivity contribution in [1.29, 1.82) is 0 Å². The minimum Gasteiger partial charge on any atom is -0.334 e. The summed E-state index contributed by atoms with van der Waals surface area (Å²) >= 11 is 7.71. The first-order valence-electron chi connectivity index (χ1n) is 8.36. The maximum atomic E-state index is 12.0. The predicted octanol–water partition coefficient (Wildman–Crippen LogP) is 5.32. The quantitative estimate of drug-likeness (QED) is 0.471. The van der Waals surface area contributed by atoms with Crippen LogP contribution in [0.1, 0.15) is 11.1 Å². The Morgan fingerprint density at radius 1 is 0.963 bits per heavy atom. The Morgan fingerprint density at radius 3 is 2.41 bits per heavy atom. The Morgan fingerprint density at radius 2 is 1.67 bits per heavy atom. The van der Waals surface area contributed by atoms with E-state index in [1.807, 2.05) is 60.7 Å². The first-order chi connectivity index (χ1) is 13.2. The molecule has 0 aliphatic rings. The van der Waals surface area contributed by atoms with Gasteiger partial charge in [-0.15, -0.1) is 0 Å². The monoisotopic (exact) mass is 398 g/mol. The van der Waals surface area contributed by atoms with Gasteiger partial charge in [0.1, 0.15) is 0 Å². The number of carbonyl (C=O) groups excluding carboxylic acids is 1. The molecule has 1 heterocycles. The minimum absolute atomic E-state index is 0.249. The highest BCUT2D eigenvalue weighted by molar-refractivity contribution is 7.99. The first-order valence-corrected chi connectivity index (χ1v) is 9.72. The van der Waals surface area contributed by atoms with Gasteiger partial charge in [-0.1, -0.05) is 29.8 Å². The summed E-state index contributed by atoms with van der Waals surface area (Å²) in [4.78, 5) is 15.9. The number of nitrogens with one attached hydrogen (secondary N) is 3. The van der Waals surface area contributed by atoms with Crippen LogP contribution >= 0.6 is 23.5 Å².